The molecule has 1 heterocycles. The van der Waals surface area contributed by atoms with Crippen LogP contribution < -0.4 is 0 Å². The Labute approximate surface area is 87.2 Å². The van der Waals surface area contributed by atoms with Crippen molar-refractivity contribution in [3.05, 3.63) is 29.8 Å². The van der Waals surface area contributed by atoms with E-state index < -0.39 is 6.10 Å². The van der Waals surface area contributed by atoms with E-state index in [0.29, 0.717) is 17.9 Å². The molecule has 1 unspecified atom stereocenters. The van der Waals surface area contributed by atoms with Crippen LogP contribution in [0.5, 0.6) is 0 Å². The van der Waals surface area contributed by atoms with Crippen LogP contribution >= 0.6 is 0 Å². The third-order valence-corrected chi connectivity index (χ3v) is 2.43. The van der Waals surface area contributed by atoms with Gasteiger partial charge in [-0.1, -0.05) is 0 Å². The smallest absolute Gasteiger partial charge is 0.138 e. The van der Waals surface area contributed by atoms with E-state index >= 15 is 0 Å². The van der Waals surface area contributed by atoms with Crippen molar-refractivity contribution in [2.24, 2.45) is 0 Å². The maximum atomic E-state index is 13.0. The van der Waals surface area contributed by atoms with E-state index in [4.69, 9.17) is 0 Å². The van der Waals surface area contributed by atoms with Gasteiger partial charge in [-0.05, 0) is 26.0 Å². The van der Waals surface area contributed by atoms with Crippen LogP contribution in [-0.4, -0.2) is 14.7 Å². The second kappa shape index (κ2) is 3.62. The monoisotopic (exact) mass is 208 g/mol. The van der Waals surface area contributed by atoms with Gasteiger partial charge in [0.15, 0.2) is 0 Å². The summed E-state index contributed by atoms with van der Waals surface area (Å²) in [6.45, 7) is 4.34. The van der Waals surface area contributed by atoms with E-state index in [0.717, 1.165) is 5.52 Å². The Bertz CT molecular complexity index is 491. The van der Waals surface area contributed by atoms with Crippen LogP contribution in [0.2, 0.25) is 0 Å². The SMILES string of the molecule is CCn1c(C(C)O)nc2cc(F)ccc21. The number of hydrogen-bond donors (Lipinski definition) is 1. The summed E-state index contributed by atoms with van der Waals surface area (Å²) in [4.78, 5) is 4.22. The largest absolute Gasteiger partial charge is 0.385 e. The van der Waals surface area contributed by atoms with Crippen molar-refractivity contribution in [3.8, 4) is 0 Å². The molecule has 0 aliphatic heterocycles. The second-order valence-corrected chi connectivity index (χ2v) is 3.52. The van der Waals surface area contributed by atoms with Crippen LogP contribution in [0.15, 0.2) is 18.2 Å². The van der Waals surface area contributed by atoms with Crippen LogP contribution in [-0.2, 0) is 6.54 Å². The molecule has 0 amide bonds. The first-order valence-electron chi connectivity index (χ1n) is 4.97. The predicted octanol–water partition coefficient (Wildman–Crippen LogP) is 2.25. The maximum absolute atomic E-state index is 13.0. The van der Waals surface area contributed by atoms with Gasteiger partial charge in [0.2, 0.25) is 0 Å². The number of fused-ring (bicyclic) bond motifs is 1. The highest BCUT2D eigenvalue weighted by Crippen LogP contribution is 2.21. The molecular formula is C11H13FN2O. The Hall–Kier alpha value is -1.42. The van der Waals surface area contributed by atoms with Gasteiger partial charge in [-0.2, -0.15) is 0 Å². The van der Waals surface area contributed by atoms with Crippen LogP contribution in [0.25, 0.3) is 11.0 Å². The highest BCUT2D eigenvalue weighted by Gasteiger charge is 2.13. The molecule has 0 aliphatic rings. The highest BCUT2D eigenvalue weighted by atomic mass is 19.1. The number of aliphatic hydroxyl groups is 1. The van der Waals surface area contributed by atoms with Crippen molar-refractivity contribution in [2.45, 2.75) is 26.5 Å². The fourth-order valence-corrected chi connectivity index (χ4v) is 1.77. The molecule has 2 rings (SSSR count). The Balaban J connectivity index is 2.73. The third kappa shape index (κ3) is 1.61. The van der Waals surface area contributed by atoms with Crippen molar-refractivity contribution in [1.82, 2.24) is 9.55 Å². The average molecular weight is 208 g/mol. The molecule has 1 aromatic heterocycles. The maximum Gasteiger partial charge on any atom is 0.138 e. The van der Waals surface area contributed by atoms with Gasteiger partial charge < -0.3 is 9.67 Å². The molecular weight excluding hydrogens is 195 g/mol. The fraction of sp³-hybridized carbons (Fsp3) is 0.364. The predicted molar refractivity (Wildman–Crippen MR) is 56.0 cm³/mol. The number of aromatic nitrogens is 2. The molecule has 0 aliphatic carbocycles. The van der Waals surface area contributed by atoms with Crippen molar-refractivity contribution in [2.75, 3.05) is 0 Å². The first kappa shape index (κ1) is 10.1. The number of nitrogens with zero attached hydrogens (tertiary/aromatic N) is 2. The molecule has 0 saturated carbocycles. The van der Waals surface area contributed by atoms with Crippen molar-refractivity contribution < 1.29 is 9.50 Å². The van der Waals surface area contributed by atoms with Crippen molar-refractivity contribution in [3.63, 3.8) is 0 Å². The molecule has 0 spiro atoms. The van der Waals surface area contributed by atoms with Crippen molar-refractivity contribution in [1.29, 1.82) is 0 Å². The summed E-state index contributed by atoms with van der Waals surface area (Å²) in [5.74, 6) is 0.276. The lowest BCUT2D eigenvalue weighted by Crippen LogP contribution is -2.04. The lowest BCUT2D eigenvalue weighted by molar-refractivity contribution is 0.184. The van der Waals surface area contributed by atoms with E-state index in [-0.39, 0.29) is 5.82 Å². The molecule has 0 radical (unpaired) electrons. The number of imidazole rings is 1. The van der Waals surface area contributed by atoms with Crippen molar-refractivity contribution >= 4 is 11.0 Å². The summed E-state index contributed by atoms with van der Waals surface area (Å²) in [5.41, 5.74) is 1.45. The molecule has 3 nitrogen and oxygen atoms in total. The second-order valence-electron chi connectivity index (χ2n) is 3.52. The number of halogens is 1. The van der Waals surface area contributed by atoms with Gasteiger partial charge in [0.05, 0.1) is 11.0 Å². The van der Waals surface area contributed by atoms with Crippen LogP contribution in [0, 0.1) is 5.82 Å². The third-order valence-electron chi connectivity index (χ3n) is 2.43. The first-order chi connectivity index (χ1) is 7.13. The molecule has 1 aromatic carbocycles. The van der Waals surface area contributed by atoms with Gasteiger partial charge in [0, 0.05) is 12.6 Å². The molecule has 0 bridgehead atoms. The van der Waals surface area contributed by atoms with Gasteiger partial charge in [-0.15, -0.1) is 0 Å². The summed E-state index contributed by atoms with van der Waals surface area (Å²) >= 11 is 0. The normalized spacial score (nSPS) is 13.3. The molecule has 0 saturated heterocycles. The van der Waals surface area contributed by atoms with Crippen LogP contribution in [0.3, 0.4) is 0 Å². The number of benzene rings is 1. The van der Waals surface area contributed by atoms with E-state index in [9.17, 15) is 9.50 Å². The zero-order chi connectivity index (χ0) is 11.0. The molecule has 1 atom stereocenters. The number of aliphatic hydroxyl groups excluding tert-OH is 1. The highest BCUT2D eigenvalue weighted by molar-refractivity contribution is 5.76. The van der Waals surface area contributed by atoms with Gasteiger partial charge in [-0.3, -0.25) is 0 Å². The number of aryl methyl sites for hydroxylation is 1. The summed E-state index contributed by atoms with van der Waals surface area (Å²) in [7, 11) is 0. The van der Waals surface area contributed by atoms with Gasteiger partial charge in [-0.25, -0.2) is 9.37 Å². The van der Waals surface area contributed by atoms with Gasteiger partial charge in [0.25, 0.3) is 0 Å². The molecule has 0 fully saturated rings. The minimum Gasteiger partial charge on any atom is -0.385 e. The van der Waals surface area contributed by atoms with Crippen LogP contribution in [0.4, 0.5) is 4.39 Å². The van der Waals surface area contributed by atoms with E-state index in [2.05, 4.69) is 4.98 Å². The standard InChI is InChI=1S/C11H13FN2O/c1-3-14-10-5-4-8(12)6-9(10)13-11(14)7(2)15/h4-7,15H,3H2,1-2H3. The summed E-state index contributed by atoms with van der Waals surface area (Å²) in [5, 5.41) is 9.53. The molecule has 1 N–H and O–H groups in total. The zero-order valence-corrected chi connectivity index (χ0v) is 8.74. The van der Waals surface area contributed by atoms with Crippen LogP contribution in [0.1, 0.15) is 25.8 Å². The Morgan fingerprint density at radius 2 is 2.27 bits per heavy atom. The van der Waals surface area contributed by atoms with E-state index in [1.54, 1.807) is 13.0 Å². The Morgan fingerprint density at radius 1 is 1.53 bits per heavy atom. The zero-order valence-electron chi connectivity index (χ0n) is 8.74. The number of hydrogen-bond acceptors (Lipinski definition) is 2. The first-order valence-corrected chi connectivity index (χ1v) is 4.97. The minimum atomic E-state index is -0.639. The topological polar surface area (TPSA) is 38.0 Å². The molecule has 15 heavy (non-hydrogen) atoms. The Kier molecular flexibility index (Phi) is 2.44. The quantitative estimate of drug-likeness (QED) is 0.822. The average Bonchev–Trinajstić information content (AvgIpc) is 2.55. The summed E-state index contributed by atoms with van der Waals surface area (Å²) < 4.78 is 14.9. The minimum absolute atomic E-state index is 0.305. The molecule has 2 aromatic rings. The lowest BCUT2D eigenvalue weighted by atomic mass is 10.3. The van der Waals surface area contributed by atoms with E-state index in [1.165, 1.54) is 12.1 Å². The molecule has 4 heteroatoms. The Morgan fingerprint density at radius 3 is 2.87 bits per heavy atom. The summed E-state index contributed by atoms with van der Waals surface area (Å²) in [6.07, 6.45) is -0.639. The molecule has 80 valence electrons. The summed E-state index contributed by atoms with van der Waals surface area (Å²) in [6, 6.07) is 4.47. The lowest BCUT2D eigenvalue weighted by Gasteiger charge is -2.07. The number of rotatable bonds is 2. The van der Waals surface area contributed by atoms with Gasteiger partial charge in [0.1, 0.15) is 17.7 Å². The van der Waals surface area contributed by atoms with Gasteiger partial charge >= 0.3 is 0 Å². The fourth-order valence-electron chi connectivity index (χ4n) is 1.77. The van der Waals surface area contributed by atoms with E-state index in [1.807, 2.05) is 11.5 Å².